The topological polar surface area (TPSA) is 54.9 Å². The van der Waals surface area contributed by atoms with Crippen molar-refractivity contribution < 1.29 is 9.47 Å². The van der Waals surface area contributed by atoms with Crippen LogP contribution in [0.4, 0.5) is 0 Å². The molecule has 0 aromatic heterocycles. The van der Waals surface area contributed by atoms with Crippen LogP contribution in [0.5, 0.6) is 5.75 Å². The normalized spacial score (nSPS) is 10.9. The van der Waals surface area contributed by atoms with Crippen molar-refractivity contribution in [2.75, 3.05) is 27.4 Å². The van der Waals surface area contributed by atoms with Crippen LogP contribution in [-0.2, 0) is 4.74 Å². The Morgan fingerprint density at radius 1 is 1.35 bits per heavy atom. The number of methoxy groups -OCH3 is 2. The summed E-state index contributed by atoms with van der Waals surface area (Å²) in [5.74, 6) is 0.821. The molecule has 0 amide bonds. The standard InChI is InChI=1S/C14H19N3O2S/c1-18-11-10-15-14(20)17-16-9-5-7-12-6-3-4-8-13(12)19-2/h3-9H,10-11H2,1-2H3,(H2,15,17,20)/b7-5+,16-9-. The minimum atomic E-state index is 0.462. The first-order valence-electron chi connectivity index (χ1n) is 6.13. The summed E-state index contributed by atoms with van der Waals surface area (Å²) in [6, 6.07) is 7.75. The van der Waals surface area contributed by atoms with E-state index in [0.29, 0.717) is 18.3 Å². The Morgan fingerprint density at radius 2 is 2.15 bits per heavy atom. The summed E-state index contributed by atoms with van der Waals surface area (Å²) in [7, 11) is 3.28. The van der Waals surface area contributed by atoms with Gasteiger partial charge in [-0.3, -0.25) is 5.43 Å². The highest BCUT2D eigenvalue weighted by molar-refractivity contribution is 7.80. The van der Waals surface area contributed by atoms with Gasteiger partial charge in [0.2, 0.25) is 0 Å². The van der Waals surface area contributed by atoms with Crippen molar-refractivity contribution in [3.8, 4) is 5.75 Å². The molecule has 0 saturated heterocycles. The fourth-order valence-corrected chi connectivity index (χ4v) is 1.55. The Hall–Kier alpha value is -1.92. The average molecular weight is 293 g/mol. The number of rotatable bonds is 7. The molecule has 0 radical (unpaired) electrons. The van der Waals surface area contributed by atoms with Gasteiger partial charge in [-0.05, 0) is 30.4 Å². The molecule has 1 aromatic carbocycles. The lowest BCUT2D eigenvalue weighted by Crippen LogP contribution is -2.34. The molecule has 2 N–H and O–H groups in total. The highest BCUT2D eigenvalue weighted by Gasteiger charge is 1.95. The predicted octanol–water partition coefficient (Wildman–Crippen LogP) is 1.80. The Labute approximate surface area is 124 Å². The Morgan fingerprint density at radius 3 is 2.90 bits per heavy atom. The minimum Gasteiger partial charge on any atom is -0.496 e. The van der Waals surface area contributed by atoms with Gasteiger partial charge in [-0.15, -0.1) is 0 Å². The van der Waals surface area contributed by atoms with Crippen molar-refractivity contribution in [3.63, 3.8) is 0 Å². The molecule has 0 aliphatic carbocycles. The lowest BCUT2D eigenvalue weighted by molar-refractivity contribution is 0.204. The Kier molecular flexibility index (Phi) is 8.02. The van der Waals surface area contributed by atoms with Crippen molar-refractivity contribution in [3.05, 3.63) is 35.9 Å². The van der Waals surface area contributed by atoms with Gasteiger partial charge in [0.05, 0.1) is 13.7 Å². The molecule has 1 rings (SSSR count). The van der Waals surface area contributed by atoms with Crippen molar-refractivity contribution in [1.82, 2.24) is 10.7 Å². The van der Waals surface area contributed by atoms with Crippen LogP contribution >= 0.6 is 12.2 Å². The highest BCUT2D eigenvalue weighted by atomic mass is 32.1. The van der Waals surface area contributed by atoms with Crippen LogP contribution in [0.3, 0.4) is 0 Å². The van der Waals surface area contributed by atoms with E-state index in [2.05, 4.69) is 15.8 Å². The molecule has 20 heavy (non-hydrogen) atoms. The van der Waals surface area contributed by atoms with E-state index in [4.69, 9.17) is 21.7 Å². The van der Waals surface area contributed by atoms with E-state index in [0.717, 1.165) is 11.3 Å². The van der Waals surface area contributed by atoms with Gasteiger partial charge in [-0.1, -0.05) is 18.2 Å². The lowest BCUT2D eigenvalue weighted by Gasteiger charge is -2.05. The maximum atomic E-state index is 5.24. The summed E-state index contributed by atoms with van der Waals surface area (Å²) in [5, 5.41) is 7.38. The van der Waals surface area contributed by atoms with Gasteiger partial charge in [0, 0.05) is 25.4 Å². The summed E-state index contributed by atoms with van der Waals surface area (Å²) in [5.41, 5.74) is 3.70. The molecule has 5 nitrogen and oxygen atoms in total. The molecule has 0 saturated carbocycles. The molecule has 6 heteroatoms. The van der Waals surface area contributed by atoms with E-state index in [-0.39, 0.29) is 0 Å². The molecule has 0 aliphatic heterocycles. The van der Waals surface area contributed by atoms with E-state index in [1.807, 2.05) is 36.4 Å². The van der Waals surface area contributed by atoms with E-state index in [1.165, 1.54) is 0 Å². The number of nitrogens with one attached hydrogen (secondary N) is 2. The molecule has 108 valence electrons. The molecule has 0 atom stereocenters. The van der Waals surface area contributed by atoms with E-state index in [9.17, 15) is 0 Å². The molecule has 0 unspecified atom stereocenters. The largest absolute Gasteiger partial charge is 0.496 e. The van der Waals surface area contributed by atoms with Crippen LogP contribution in [0.25, 0.3) is 6.08 Å². The van der Waals surface area contributed by atoms with Gasteiger partial charge in [-0.2, -0.15) is 5.10 Å². The first kappa shape index (κ1) is 16.1. The van der Waals surface area contributed by atoms with E-state index in [1.54, 1.807) is 20.4 Å². The summed E-state index contributed by atoms with van der Waals surface area (Å²) in [6.07, 6.45) is 5.34. The smallest absolute Gasteiger partial charge is 0.187 e. The Balaban J connectivity index is 2.36. The van der Waals surface area contributed by atoms with Crippen LogP contribution in [-0.4, -0.2) is 38.7 Å². The molecule has 0 spiro atoms. The fourth-order valence-electron chi connectivity index (χ4n) is 1.40. The number of hydrogen-bond acceptors (Lipinski definition) is 4. The van der Waals surface area contributed by atoms with Crippen LogP contribution in [0.2, 0.25) is 0 Å². The zero-order valence-electron chi connectivity index (χ0n) is 11.6. The molecule has 1 aromatic rings. The number of para-hydroxylation sites is 1. The molecule has 0 aliphatic rings. The SMILES string of the molecule is COCCNC(=S)N/N=C\C=C\c1ccccc1OC. The number of ether oxygens (including phenoxy) is 2. The Bertz CT molecular complexity index is 475. The maximum absolute atomic E-state index is 5.24. The first-order valence-corrected chi connectivity index (χ1v) is 6.54. The first-order chi connectivity index (χ1) is 9.77. The summed E-state index contributed by atoms with van der Waals surface area (Å²) in [6.45, 7) is 1.24. The minimum absolute atomic E-state index is 0.462. The van der Waals surface area contributed by atoms with Crippen molar-refractivity contribution in [2.45, 2.75) is 0 Å². The summed E-state index contributed by atoms with van der Waals surface area (Å²) >= 11 is 5.01. The van der Waals surface area contributed by atoms with E-state index >= 15 is 0 Å². The van der Waals surface area contributed by atoms with Gasteiger partial charge >= 0.3 is 0 Å². The van der Waals surface area contributed by atoms with Gasteiger partial charge in [0.1, 0.15) is 5.75 Å². The number of allylic oxidation sites excluding steroid dienone is 1. The molecular weight excluding hydrogens is 274 g/mol. The summed E-state index contributed by atoms with van der Waals surface area (Å²) < 4.78 is 10.1. The number of nitrogens with zero attached hydrogens (tertiary/aromatic N) is 1. The fraction of sp³-hybridized carbons (Fsp3) is 0.286. The van der Waals surface area contributed by atoms with Crippen LogP contribution < -0.4 is 15.5 Å². The van der Waals surface area contributed by atoms with Crippen LogP contribution in [0, 0.1) is 0 Å². The van der Waals surface area contributed by atoms with Gasteiger partial charge in [0.25, 0.3) is 0 Å². The molecule has 0 bridgehead atoms. The lowest BCUT2D eigenvalue weighted by atomic mass is 10.2. The maximum Gasteiger partial charge on any atom is 0.187 e. The van der Waals surface area contributed by atoms with Crippen LogP contribution in [0.15, 0.2) is 35.4 Å². The van der Waals surface area contributed by atoms with E-state index < -0.39 is 0 Å². The predicted molar refractivity (Wildman–Crippen MR) is 86.1 cm³/mol. The van der Waals surface area contributed by atoms with Crippen molar-refractivity contribution in [1.29, 1.82) is 0 Å². The zero-order valence-corrected chi connectivity index (χ0v) is 12.4. The number of thiocarbonyl (C=S) groups is 1. The third-order valence-electron chi connectivity index (χ3n) is 2.33. The van der Waals surface area contributed by atoms with Gasteiger partial charge < -0.3 is 14.8 Å². The van der Waals surface area contributed by atoms with Crippen molar-refractivity contribution >= 4 is 29.6 Å². The van der Waals surface area contributed by atoms with Crippen molar-refractivity contribution in [2.24, 2.45) is 5.10 Å². The monoisotopic (exact) mass is 293 g/mol. The third-order valence-corrected chi connectivity index (χ3v) is 2.57. The second kappa shape index (κ2) is 9.94. The number of benzene rings is 1. The van der Waals surface area contributed by atoms with Gasteiger partial charge in [-0.25, -0.2) is 0 Å². The number of hydrogen-bond donors (Lipinski definition) is 2. The highest BCUT2D eigenvalue weighted by Crippen LogP contribution is 2.18. The third kappa shape index (κ3) is 6.31. The molecule has 0 fully saturated rings. The van der Waals surface area contributed by atoms with Crippen LogP contribution in [0.1, 0.15) is 5.56 Å². The second-order valence-corrected chi connectivity index (χ2v) is 4.15. The van der Waals surface area contributed by atoms with Gasteiger partial charge in [0.15, 0.2) is 5.11 Å². The quantitative estimate of drug-likeness (QED) is 0.347. The average Bonchev–Trinajstić information content (AvgIpc) is 2.47. The molecule has 0 heterocycles. The number of hydrazone groups is 1. The summed E-state index contributed by atoms with van der Waals surface area (Å²) in [4.78, 5) is 0. The second-order valence-electron chi connectivity index (χ2n) is 3.74. The zero-order chi connectivity index (χ0) is 14.6. The molecular formula is C14H19N3O2S.